The summed E-state index contributed by atoms with van der Waals surface area (Å²) in [6, 6.07) is 1.82. The molecule has 0 atom stereocenters. The van der Waals surface area contributed by atoms with Gasteiger partial charge in [-0.15, -0.1) is 0 Å². The molecule has 1 fully saturated rings. The summed E-state index contributed by atoms with van der Waals surface area (Å²) in [5.74, 6) is -2.33. The third-order valence-electron chi connectivity index (χ3n) is 4.33. The predicted molar refractivity (Wildman–Crippen MR) is 72.6 cm³/mol. The van der Waals surface area contributed by atoms with Gasteiger partial charge >= 0.3 is 6.18 Å². The zero-order chi connectivity index (χ0) is 17.8. The molecule has 0 unspecified atom stereocenters. The molecule has 0 aromatic heterocycles. The number of alkyl halides is 5. The monoisotopic (exact) mass is 348 g/mol. The highest BCUT2D eigenvalue weighted by Crippen LogP contribution is 2.38. The van der Waals surface area contributed by atoms with Crippen molar-refractivity contribution in [3.8, 4) is 0 Å². The Labute approximate surface area is 133 Å². The second kappa shape index (κ2) is 5.42. The number of nitrogens with zero attached hydrogens (tertiary/aromatic N) is 2. The van der Waals surface area contributed by atoms with Gasteiger partial charge < -0.3 is 9.80 Å². The lowest BCUT2D eigenvalue weighted by atomic mass is 9.95. The molecule has 4 nitrogen and oxygen atoms in total. The van der Waals surface area contributed by atoms with Gasteiger partial charge in [0.1, 0.15) is 0 Å². The van der Waals surface area contributed by atoms with E-state index in [-0.39, 0.29) is 36.3 Å². The van der Waals surface area contributed by atoms with Gasteiger partial charge in [0.15, 0.2) is 0 Å². The number of rotatable bonds is 2. The van der Waals surface area contributed by atoms with Crippen LogP contribution < -0.4 is 0 Å². The second-order valence-corrected chi connectivity index (χ2v) is 6.01. The van der Waals surface area contributed by atoms with E-state index in [1.165, 1.54) is 7.05 Å². The highest BCUT2D eigenvalue weighted by atomic mass is 19.4. The Morgan fingerprint density at radius 1 is 1.25 bits per heavy atom. The average molecular weight is 348 g/mol. The first-order valence-corrected chi connectivity index (χ1v) is 7.16. The normalized spacial score (nSPS) is 18.2. The van der Waals surface area contributed by atoms with Crippen molar-refractivity contribution in [2.75, 3.05) is 20.1 Å². The van der Waals surface area contributed by atoms with E-state index in [1.54, 1.807) is 0 Å². The van der Waals surface area contributed by atoms with Gasteiger partial charge in [0, 0.05) is 37.8 Å². The standard InChI is InChI=1S/C15H13F5N2O2/c1-21-6-10-9(14(21)24)2-7(3-11(10)15(18,19)20)13(23)22-4-8(5-22)12(16)17/h2-3,8,12H,4-6H2,1H3. The van der Waals surface area contributed by atoms with Crippen LogP contribution in [0.5, 0.6) is 0 Å². The third-order valence-corrected chi connectivity index (χ3v) is 4.33. The molecule has 0 radical (unpaired) electrons. The maximum Gasteiger partial charge on any atom is 0.416 e. The molecule has 130 valence electrons. The fourth-order valence-corrected chi connectivity index (χ4v) is 2.94. The van der Waals surface area contributed by atoms with Gasteiger partial charge in [-0.25, -0.2) is 8.78 Å². The quantitative estimate of drug-likeness (QED) is 0.771. The maximum absolute atomic E-state index is 13.3. The fraction of sp³-hybridized carbons (Fsp3) is 0.467. The van der Waals surface area contributed by atoms with Crippen LogP contribution in [-0.4, -0.2) is 48.2 Å². The summed E-state index contributed by atoms with van der Waals surface area (Å²) in [7, 11) is 1.37. The fourth-order valence-electron chi connectivity index (χ4n) is 2.94. The first kappa shape index (κ1) is 16.7. The van der Waals surface area contributed by atoms with Crippen LogP contribution in [0.25, 0.3) is 0 Å². The summed E-state index contributed by atoms with van der Waals surface area (Å²) in [6.45, 7) is -0.597. The molecule has 3 rings (SSSR count). The Balaban J connectivity index is 1.96. The van der Waals surface area contributed by atoms with E-state index in [2.05, 4.69) is 0 Å². The zero-order valence-electron chi connectivity index (χ0n) is 12.5. The molecule has 0 spiro atoms. The molecular weight excluding hydrogens is 335 g/mol. The minimum Gasteiger partial charge on any atom is -0.338 e. The number of hydrogen-bond donors (Lipinski definition) is 0. The minimum absolute atomic E-state index is 0.165. The van der Waals surface area contributed by atoms with Crippen LogP contribution in [0.3, 0.4) is 0 Å². The number of halogens is 5. The van der Waals surface area contributed by atoms with Gasteiger partial charge in [0.25, 0.3) is 11.8 Å². The lowest BCUT2D eigenvalue weighted by Crippen LogP contribution is -2.52. The lowest BCUT2D eigenvalue weighted by Gasteiger charge is -2.38. The second-order valence-electron chi connectivity index (χ2n) is 6.01. The summed E-state index contributed by atoms with van der Waals surface area (Å²) in [5, 5.41) is 0. The van der Waals surface area contributed by atoms with E-state index in [1.807, 2.05) is 0 Å². The highest BCUT2D eigenvalue weighted by Gasteiger charge is 2.42. The lowest BCUT2D eigenvalue weighted by molar-refractivity contribution is -0.138. The van der Waals surface area contributed by atoms with Crippen LogP contribution in [0.1, 0.15) is 31.8 Å². The molecule has 2 aliphatic heterocycles. The molecule has 2 amide bonds. The summed E-state index contributed by atoms with van der Waals surface area (Å²) in [6.07, 6.45) is -7.29. The Kier molecular flexibility index (Phi) is 3.76. The highest BCUT2D eigenvalue weighted by molar-refractivity contribution is 6.03. The van der Waals surface area contributed by atoms with Gasteiger partial charge in [-0.1, -0.05) is 0 Å². The van der Waals surface area contributed by atoms with Crippen molar-refractivity contribution in [1.82, 2.24) is 9.80 Å². The van der Waals surface area contributed by atoms with Crippen LogP contribution in [0, 0.1) is 5.92 Å². The van der Waals surface area contributed by atoms with Crippen molar-refractivity contribution in [1.29, 1.82) is 0 Å². The van der Waals surface area contributed by atoms with E-state index in [0.29, 0.717) is 6.07 Å². The first-order valence-electron chi connectivity index (χ1n) is 7.16. The molecule has 1 saturated heterocycles. The van der Waals surface area contributed by atoms with E-state index >= 15 is 0 Å². The topological polar surface area (TPSA) is 40.6 Å². The van der Waals surface area contributed by atoms with Gasteiger partial charge in [-0.2, -0.15) is 13.2 Å². The van der Waals surface area contributed by atoms with Crippen molar-refractivity contribution >= 4 is 11.8 Å². The number of carbonyl (C=O) groups is 2. The van der Waals surface area contributed by atoms with E-state index in [4.69, 9.17) is 0 Å². The molecule has 0 aliphatic carbocycles. The number of hydrogen-bond acceptors (Lipinski definition) is 2. The molecule has 0 bridgehead atoms. The molecule has 9 heteroatoms. The summed E-state index contributed by atoms with van der Waals surface area (Å²) < 4.78 is 64.7. The largest absolute Gasteiger partial charge is 0.416 e. The van der Waals surface area contributed by atoms with E-state index in [9.17, 15) is 31.5 Å². The van der Waals surface area contributed by atoms with E-state index < -0.39 is 35.9 Å². The van der Waals surface area contributed by atoms with Gasteiger partial charge in [-0.3, -0.25) is 9.59 Å². The van der Waals surface area contributed by atoms with Crippen molar-refractivity contribution in [3.63, 3.8) is 0 Å². The molecule has 0 saturated carbocycles. The zero-order valence-corrected chi connectivity index (χ0v) is 12.5. The predicted octanol–water partition coefficient (Wildman–Crippen LogP) is 2.63. The molecule has 0 N–H and O–H groups in total. The van der Waals surface area contributed by atoms with E-state index in [0.717, 1.165) is 15.9 Å². The molecule has 24 heavy (non-hydrogen) atoms. The van der Waals surface area contributed by atoms with Crippen LogP contribution in [-0.2, 0) is 12.7 Å². The minimum atomic E-state index is -4.72. The molecular formula is C15H13F5N2O2. The Hall–Kier alpha value is -2.19. The first-order chi connectivity index (χ1) is 11.1. The molecule has 1 aromatic rings. The Bertz CT molecular complexity index is 711. The van der Waals surface area contributed by atoms with Gasteiger partial charge in [0.2, 0.25) is 6.43 Å². The molecule has 2 aliphatic rings. The van der Waals surface area contributed by atoms with Crippen molar-refractivity contribution in [3.05, 3.63) is 34.4 Å². The number of benzene rings is 1. The summed E-state index contributed by atoms with van der Waals surface area (Å²) >= 11 is 0. The van der Waals surface area contributed by atoms with Crippen LogP contribution in [0.4, 0.5) is 22.0 Å². The Morgan fingerprint density at radius 3 is 2.42 bits per heavy atom. The number of amides is 2. The van der Waals surface area contributed by atoms with Crippen molar-refractivity contribution in [2.45, 2.75) is 19.1 Å². The summed E-state index contributed by atoms with van der Waals surface area (Å²) in [5.41, 5.74) is -1.67. The van der Waals surface area contributed by atoms with Crippen LogP contribution in [0.2, 0.25) is 0 Å². The molecule has 2 heterocycles. The van der Waals surface area contributed by atoms with Crippen molar-refractivity contribution in [2.24, 2.45) is 5.92 Å². The summed E-state index contributed by atoms with van der Waals surface area (Å²) in [4.78, 5) is 26.4. The van der Waals surface area contributed by atoms with Crippen LogP contribution in [0.15, 0.2) is 12.1 Å². The number of likely N-dealkylation sites (tertiary alicyclic amines) is 1. The number of fused-ring (bicyclic) bond motifs is 1. The third kappa shape index (κ3) is 2.61. The van der Waals surface area contributed by atoms with Gasteiger partial charge in [0.05, 0.1) is 11.5 Å². The number of carbonyl (C=O) groups excluding carboxylic acids is 2. The van der Waals surface area contributed by atoms with Crippen LogP contribution >= 0.6 is 0 Å². The van der Waals surface area contributed by atoms with Crippen molar-refractivity contribution < 1.29 is 31.5 Å². The Morgan fingerprint density at radius 2 is 1.88 bits per heavy atom. The maximum atomic E-state index is 13.3. The smallest absolute Gasteiger partial charge is 0.338 e. The molecule has 1 aromatic carbocycles. The SMILES string of the molecule is CN1Cc2c(cc(C(=O)N3CC(C(F)F)C3)cc2C(F)(F)F)C1=O. The van der Waals surface area contributed by atoms with Gasteiger partial charge in [-0.05, 0) is 17.7 Å². The average Bonchev–Trinajstić information content (AvgIpc) is 2.70.